The molecule has 2 N–H and O–H groups in total. The van der Waals surface area contributed by atoms with Crippen LogP contribution in [0.5, 0.6) is 0 Å². The molecule has 2 rings (SSSR count). The standard InChI is InChI=1S/C18H24O2/c1-2-3-9-16-17(19)12-15(13-18(16)20)11-10-14-7-5-4-6-8-14/h4-9,11,17-20H,2-3,10,12-13H2,1H3/t17-,18-/m1/s1. The highest BCUT2D eigenvalue weighted by molar-refractivity contribution is 5.27. The van der Waals surface area contributed by atoms with E-state index in [0.29, 0.717) is 12.8 Å². The van der Waals surface area contributed by atoms with Gasteiger partial charge in [0.05, 0.1) is 12.2 Å². The Kier molecular flexibility index (Phi) is 5.57. The zero-order valence-corrected chi connectivity index (χ0v) is 12.1. The molecule has 1 aromatic carbocycles. The topological polar surface area (TPSA) is 40.5 Å². The molecule has 0 bridgehead atoms. The molecule has 0 unspecified atom stereocenters. The summed E-state index contributed by atoms with van der Waals surface area (Å²) in [5.74, 6) is 0. The summed E-state index contributed by atoms with van der Waals surface area (Å²) < 4.78 is 0. The second kappa shape index (κ2) is 7.41. The Morgan fingerprint density at radius 3 is 2.30 bits per heavy atom. The van der Waals surface area contributed by atoms with Crippen LogP contribution in [0.3, 0.4) is 0 Å². The van der Waals surface area contributed by atoms with Gasteiger partial charge in [-0.25, -0.2) is 0 Å². The van der Waals surface area contributed by atoms with Crippen LogP contribution in [0.25, 0.3) is 0 Å². The first-order valence-electron chi connectivity index (χ1n) is 7.48. The lowest BCUT2D eigenvalue weighted by Gasteiger charge is -2.28. The third-order valence-electron chi connectivity index (χ3n) is 3.82. The number of allylic oxidation sites excluding steroid dienone is 2. The van der Waals surface area contributed by atoms with Crippen LogP contribution < -0.4 is 0 Å². The fourth-order valence-corrected chi connectivity index (χ4v) is 2.66. The van der Waals surface area contributed by atoms with E-state index in [2.05, 4.69) is 25.1 Å². The lowest BCUT2D eigenvalue weighted by molar-refractivity contribution is 0.122. The summed E-state index contributed by atoms with van der Waals surface area (Å²) in [4.78, 5) is 0. The first-order valence-corrected chi connectivity index (χ1v) is 7.48. The summed E-state index contributed by atoms with van der Waals surface area (Å²) in [6.45, 7) is 2.10. The Balaban J connectivity index is 1.99. The van der Waals surface area contributed by atoms with Crippen molar-refractivity contribution in [2.75, 3.05) is 0 Å². The van der Waals surface area contributed by atoms with Gasteiger partial charge in [-0.3, -0.25) is 0 Å². The van der Waals surface area contributed by atoms with Gasteiger partial charge in [-0.2, -0.15) is 0 Å². The molecule has 0 heterocycles. The average molecular weight is 272 g/mol. The number of unbranched alkanes of at least 4 members (excludes halogenated alkanes) is 1. The molecule has 1 fully saturated rings. The zero-order chi connectivity index (χ0) is 14.4. The second-order valence-corrected chi connectivity index (χ2v) is 5.48. The van der Waals surface area contributed by atoms with E-state index in [-0.39, 0.29) is 0 Å². The Hall–Kier alpha value is -1.38. The van der Waals surface area contributed by atoms with Gasteiger partial charge < -0.3 is 10.2 Å². The van der Waals surface area contributed by atoms with Gasteiger partial charge in [0, 0.05) is 0 Å². The summed E-state index contributed by atoms with van der Waals surface area (Å²) in [7, 11) is 0. The van der Waals surface area contributed by atoms with Crippen molar-refractivity contribution in [1.82, 2.24) is 0 Å². The van der Waals surface area contributed by atoms with E-state index in [1.165, 1.54) is 5.56 Å². The molecule has 0 amide bonds. The monoisotopic (exact) mass is 272 g/mol. The third kappa shape index (κ3) is 4.06. The van der Waals surface area contributed by atoms with Crippen molar-refractivity contribution in [2.45, 2.75) is 51.2 Å². The van der Waals surface area contributed by atoms with Crippen molar-refractivity contribution in [2.24, 2.45) is 0 Å². The van der Waals surface area contributed by atoms with Crippen molar-refractivity contribution in [1.29, 1.82) is 0 Å². The van der Waals surface area contributed by atoms with Crippen molar-refractivity contribution in [3.8, 4) is 0 Å². The molecule has 108 valence electrons. The molecule has 0 radical (unpaired) electrons. The molecule has 1 aliphatic carbocycles. The van der Waals surface area contributed by atoms with Crippen LogP contribution in [0.2, 0.25) is 0 Å². The van der Waals surface area contributed by atoms with Crippen LogP contribution in [0.4, 0.5) is 0 Å². The number of hydrogen-bond acceptors (Lipinski definition) is 2. The molecule has 0 saturated heterocycles. The SMILES string of the molecule is CCCC=C1[C@H](O)CC(=CCc2ccccc2)C[C@H]1O. The van der Waals surface area contributed by atoms with E-state index in [1.807, 2.05) is 24.3 Å². The second-order valence-electron chi connectivity index (χ2n) is 5.48. The quantitative estimate of drug-likeness (QED) is 0.825. The molecular formula is C18H24O2. The van der Waals surface area contributed by atoms with Crippen LogP contribution in [-0.4, -0.2) is 22.4 Å². The van der Waals surface area contributed by atoms with E-state index in [1.54, 1.807) is 0 Å². The van der Waals surface area contributed by atoms with Gasteiger partial charge in [0.1, 0.15) is 0 Å². The van der Waals surface area contributed by atoms with Gasteiger partial charge >= 0.3 is 0 Å². The first-order chi connectivity index (χ1) is 9.70. The molecule has 1 aliphatic rings. The van der Waals surface area contributed by atoms with Gasteiger partial charge in [-0.05, 0) is 36.8 Å². The highest BCUT2D eigenvalue weighted by Crippen LogP contribution is 2.29. The molecule has 0 aromatic heterocycles. The smallest absolute Gasteiger partial charge is 0.0812 e. The average Bonchev–Trinajstić information content (AvgIpc) is 2.45. The lowest BCUT2D eigenvalue weighted by Crippen LogP contribution is -2.28. The molecule has 2 heteroatoms. The Labute approximate surface area is 121 Å². The predicted octanol–water partition coefficient (Wildman–Crippen LogP) is 3.40. The van der Waals surface area contributed by atoms with Gasteiger partial charge in [0.15, 0.2) is 0 Å². The molecule has 20 heavy (non-hydrogen) atoms. The molecule has 2 atom stereocenters. The third-order valence-corrected chi connectivity index (χ3v) is 3.82. The molecule has 1 saturated carbocycles. The van der Waals surface area contributed by atoms with Crippen LogP contribution in [0.15, 0.2) is 53.6 Å². The summed E-state index contributed by atoms with van der Waals surface area (Å²) >= 11 is 0. The molecule has 0 aliphatic heterocycles. The number of aliphatic hydroxyl groups excluding tert-OH is 2. The van der Waals surface area contributed by atoms with E-state index in [0.717, 1.165) is 30.4 Å². The minimum absolute atomic E-state index is 0.521. The minimum Gasteiger partial charge on any atom is -0.388 e. The Morgan fingerprint density at radius 2 is 1.70 bits per heavy atom. The van der Waals surface area contributed by atoms with E-state index < -0.39 is 12.2 Å². The van der Waals surface area contributed by atoms with Gasteiger partial charge in [-0.1, -0.05) is 61.4 Å². The lowest BCUT2D eigenvalue weighted by atomic mass is 9.84. The normalized spacial score (nSPS) is 22.8. The zero-order valence-electron chi connectivity index (χ0n) is 12.1. The maximum atomic E-state index is 10.2. The molecule has 1 aromatic rings. The van der Waals surface area contributed by atoms with Crippen LogP contribution in [0, 0.1) is 0 Å². The van der Waals surface area contributed by atoms with E-state index >= 15 is 0 Å². The summed E-state index contributed by atoms with van der Waals surface area (Å²) in [6.07, 6.45) is 7.25. The molecule has 0 spiro atoms. The maximum Gasteiger partial charge on any atom is 0.0812 e. The number of hydrogen-bond donors (Lipinski definition) is 2. The van der Waals surface area contributed by atoms with Gasteiger partial charge in [0.25, 0.3) is 0 Å². The Morgan fingerprint density at radius 1 is 1.05 bits per heavy atom. The van der Waals surface area contributed by atoms with Crippen molar-refractivity contribution in [3.05, 3.63) is 59.2 Å². The number of rotatable bonds is 4. The minimum atomic E-state index is -0.521. The van der Waals surface area contributed by atoms with E-state index in [4.69, 9.17) is 0 Å². The largest absolute Gasteiger partial charge is 0.388 e. The highest BCUT2D eigenvalue weighted by Gasteiger charge is 2.26. The fourth-order valence-electron chi connectivity index (χ4n) is 2.66. The molecule has 2 nitrogen and oxygen atoms in total. The first kappa shape index (κ1) is 15.0. The summed E-state index contributed by atoms with van der Waals surface area (Å²) in [5, 5.41) is 20.3. The van der Waals surface area contributed by atoms with Crippen LogP contribution in [-0.2, 0) is 6.42 Å². The Bertz CT molecular complexity index is 457. The maximum absolute atomic E-state index is 10.2. The molecular weight excluding hydrogens is 248 g/mol. The van der Waals surface area contributed by atoms with Gasteiger partial charge in [0.2, 0.25) is 0 Å². The fraction of sp³-hybridized carbons (Fsp3) is 0.444. The highest BCUT2D eigenvalue weighted by atomic mass is 16.3. The van der Waals surface area contributed by atoms with Gasteiger partial charge in [-0.15, -0.1) is 0 Å². The van der Waals surface area contributed by atoms with E-state index in [9.17, 15) is 10.2 Å². The van der Waals surface area contributed by atoms with Crippen LogP contribution >= 0.6 is 0 Å². The summed E-state index contributed by atoms with van der Waals surface area (Å²) in [5.41, 5.74) is 3.22. The van der Waals surface area contributed by atoms with Crippen molar-refractivity contribution < 1.29 is 10.2 Å². The summed E-state index contributed by atoms with van der Waals surface area (Å²) in [6, 6.07) is 10.3. The van der Waals surface area contributed by atoms with Crippen LogP contribution in [0.1, 0.15) is 38.2 Å². The predicted molar refractivity (Wildman–Crippen MR) is 82.5 cm³/mol. The number of benzene rings is 1. The van der Waals surface area contributed by atoms with Crippen molar-refractivity contribution in [3.63, 3.8) is 0 Å². The number of aliphatic hydroxyl groups is 2. The van der Waals surface area contributed by atoms with Crippen molar-refractivity contribution >= 4 is 0 Å².